The molecule has 30 heavy (non-hydrogen) atoms. The summed E-state index contributed by atoms with van der Waals surface area (Å²) in [6, 6.07) is 8.08. The van der Waals surface area contributed by atoms with E-state index in [0.29, 0.717) is 39.5 Å². The van der Waals surface area contributed by atoms with Gasteiger partial charge >= 0.3 is 0 Å². The molecule has 1 amide bonds. The Bertz CT molecular complexity index is 942. The molecule has 1 unspecified atom stereocenters. The highest BCUT2D eigenvalue weighted by atomic mass is 19.1. The molecule has 1 spiro atoms. The van der Waals surface area contributed by atoms with Crippen LogP contribution in [-0.2, 0) is 19.8 Å². The summed E-state index contributed by atoms with van der Waals surface area (Å²) in [6.07, 6.45) is 4.79. The summed E-state index contributed by atoms with van der Waals surface area (Å²) in [5, 5.41) is 0. The molecule has 0 aromatic carbocycles. The van der Waals surface area contributed by atoms with E-state index in [1.165, 1.54) is 0 Å². The second-order valence-corrected chi connectivity index (χ2v) is 8.34. The Kier molecular flexibility index (Phi) is 4.78. The average molecular weight is 414 g/mol. The van der Waals surface area contributed by atoms with Crippen molar-refractivity contribution in [2.24, 2.45) is 0 Å². The third-order valence-corrected chi connectivity index (χ3v) is 6.75. The maximum atomic E-state index is 15.4. The molecule has 0 N–H and O–H groups in total. The second kappa shape index (κ2) is 7.35. The summed E-state index contributed by atoms with van der Waals surface area (Å²) in [5.41, 5.74) is -0.166. The van der Waals surface area contributed by atoms with Gasteiger partial charge in [0.25, 0.3) is 5.91 Å². The SMILES string of the molecule is COCCN1c2cccnc2-n2cccc2C12CCN(C(=O)C1(F)CCOCC1)C2. The van der Waals surface area contributed by atoms with Gasteiger partial charge in [-0.1, -0.05) is 0 Å². The van der Waals surface area contributed by atoms with E-state index in [1.54, 1.807) is 18.2 Å². The second-order valence-electron chi connectivity index (χ2n) is 8.34. The van der Waals surface area contributed by atoms with Crippen LogP contribution < -0.4 is 4.90 Å². The number of carbonyl (C=O) groups excluding carboxylic acids is 1. The van der Waals surface area contributed by atoms with E-state index in [2.05, 4.69) is 26.6 Å². The number of ether oxygens (including phenoxy) is 2. The standard InChI is InChI=1S/C22H27FN4O3/c1-29-15-12-27-17-4-2-9-24-19(17)26-10-3-5-18(26)22(27)6-11-25(16-22)20(28)21(23)7-13-30-14-8-21/h2-5,9-10H,6-8,11-16H2,1H3. The number of carbonyl (C=O) groups is 1. The molecule has 8 heteroatoms. The molecule has 3 aliphatic heterocycles. The Morgan fingerprint density at radius 1 is 1.27 bits per heavy atom. The van der Waals surface area contributed by atoms with Crippen LogP contribution in [0, 0.1) is 0 Å². The van der Waals surface area contributed by atoms with E-state index in [4.69, 9.17) is 9.47 Å². The molecule has 2 aromatic heterocycles. The molecule has 2 saturated heterocycles. The van der Waals surface area contributed by atoms with Crippen LogP contribution in [0.3, 0.4) is 0 Å². The minimum Gasteiger partial charge on any atom is -0.383 e. The van der Waals surface area contributed by atoms with Gasteiger partial charge in [-0.2, -0.15) is 0 Å². The maximum absolute atomic E-state index is 15.4. The van der Waals surface area contributed by atoms with Crippen LogP contribution in [0.1, 0.15) is 25.0 Å². The fourth-order valence-electron chi connectivity index (χ4n) is 5.20. The van der Waals surface area contributed by atoms with Gasteiger partial charge in [-0.05, 0) is 30.7 Å². The molecule has 5 heterocycles. The number of hydrogen-bond acceptors (Lipinski definition) is 5. The van der Waals surface area contributed by atoms with Crippen LogP contribution >= 0.6 is 0 Å². The van der Waals surface area contributed by atoms with Crippen molar-refractivity contribution in [2.75, 3.05) is 51.5 Å². The van der Waals surface area contributed by atoms with Crippen molar-refractivity contribution in [1.29, 1.82) is 0 Å². The van der Waals surface area contributed by atoms with Crippen LogP contribution in [0.15, 0.2) is 36.7 Å². The Morgan fingerprint density at radius 2 is 2.10 bits per heavy atom. The van der Waals surface area contributed by atoms with Gasteiger partial charge in [0.05, 0.1) is 31.2 Å². The highest BCUT2D eigenvalue weighted by Crippen LogP contribution is 2.47. The quantitative estimate of drug-likeness (QED) is 0.768. The van der Waals surface area contributed by atoms with Gasteiger partial charge in [-0.3, -0.25) is 4.79 Å². The van der Waals surface area contributed by atoms with Crippen molar-refractivity contribution >= 4 is 11.6 Å². The van der Waals surface area contributed by atoms with Gasteiger partial charge < -0.3 is 23.8 Å². The first-order chi connectivity index (χ1) is 14.6. The number of pyridine rings is 1. The van der Waals surface area contributed by atoms with Crippen molar-refractivity contribution < 1.29 is 18.7 Å². The topological polar surface area (TPSA) is 59.8 Å². The first kappa shape index (κ1) is 19.5. The van der Waals surface area contributed by atoms with E-state index in [0.717, 1.165) is 23.6 Å². The number of nitrogens with zero attached hydrogens (tertiary/aromatic N) is 4. The molecule has 1 atom stereocenters. The van der Waals surface area contributed by atoms with Crippen LogP contribution in [-0.4, -0.2) is 72.6 Å². The smallest absolute Gasteiger partial charge is 0.260 e. The first-order valence-electron chi connectivity index (χ1n) is 10.5. The number of anilines is 1. The van der Waals surface area contributed by atoms with Crippen molar-refractivity contribution in [3.8, 4) is 5.82 Å². The predicted molar refractivity (Wildman–Crippen MR) is 110 cm³/mol. The van der Waals surface area contributed by atoms with E-state index < -0.39 is 17.1 Å². The lowest BCUT2D eigenvalue weighted by Crippen LogP contribution is -2.55. The number of amides is 1. The van der Waals surface area contributed by atoms with Crippen LogP contribution in [0.4, 0.5) is 10.1 Å². The Balaban J connectivity index is 1.53. The van der Waals surface area contributed by atoms with Gasteiger partial charge in [0.15, 0.2) is 11.5 Å². The van der Waals surface area contributed by atoms with E-state index in [9.17, 15) is 4.79 Å². The van der Waals surface area contributed by atoms with Crippen molar-refractivity contribution in [1.82, 2.24) is 14.5 Å². The Morgan fingerprint density at radius 3 is 2.90 bits per heavy atom. The summed E-state index contributed by atoms with van der Waals surface area (Å²) >= 11 is 0. The number of aromatic nitrogens is 2. The minimum absolute atomic E-state index is 0.131. The van der Waals surface area contributed by atoms with Crippen LogP contribution in [0.2, 0.25) is 0 Å². The van der Waals surface area contributed by atoms with Crippen LogP contribution in [0.5, 0.6) is 0 Å². The molecule has 3 aliphatic rings. The summed E-state index contributed by atoms with van der Waals surface area (Å²) in [4.78, 5) is 21.8. The Labute approximate surface area is 175 Å². The zero-order valence-corrected chi connectivity index (χ0v) is 17.2. The summed E-state index contributed by atoms with van der Waals surface area (Å²) in [6.45, 7) is 2.77. The number of likely N-dealkylation sites (tertiary alicyclic amines) is 1. The highest BCUT2D eigenvalue weighted by Gasteiger charge is 2.53. The van der Waals surface area contributed by atoms with E-state index >= 15 is 4.39 Å². The van der Waals surface area contributed by atoms with Gasteiger partial charge in [0.2, 0.25) is 0 Å². The Hall–Kier alpha value is -2.45. The number of fused-ring (bicyclic) bond motifs is 4. The van der Waals surface area contributed by atoms with Gasteiger partial charge in [-0.15, -0.1) is 0 Å². The maximum Gasteiger partial charge on any atom is 0.260 e. The zero-order valence-electron chi connectivity index (χ0n) is 17.2. The molecule has 7 nitrogen and oxygen atoms in total. The van der Waals surface area contributed by atoms with Gasteiger partial charge in [0.1, 0.15) is 5.54 Å². The number of rotatable bonds is 4. The van der Waals surface area contributed by atoms with Crippen molar-refractivity contribution in [3.63, 3.8) is 0 Å². The lowest BCUT2D eigenvalue weighted by Gasteiger charge is -2.47. The minimum atomic E-state index is -1.82. The monoisotopic (exact) mass is 414 g/mol. The lowest BCUT2D eigenvalue weighted by molar-refractivity contribution is -0.149. The lowest BCUT2D eigenvalue weighted by atomic mass is 9.88. The molecule has 0 bridgehead atoms. The number of alkyl halides is 1. The number of hydrogen-bond donors (Lipinski definition) is 0. The third kappa shape index (κ3) is 2.85. The number of halogens is 1. The fourth-order valence-corrected chi connectivity index (χ4v) is 5.20. The molecule has 160 valence electrons. The summed E-state index contributed by atoms with van der Waals surface area (Å²) in [5.74, 6) is 0.472. The zero-order chi connectivity index (χ0) is 20.8. The molecule has 5 rings (SSSR count). The first-order valence-corrected chi connectivity index (χ1v) is 10.5. The third-order valence-electron chi connectivity index (χ3n) is 6.75. The molecule has 0 saturated carbocycles. The van der Waals surface area contributed by atoms with Crippen molar-refractivity contribution in [3.05, 3.63) is 42.4 Å². The average Bonchev–Trinajstić information content (AvgIpc) is 3.43. The van der Waals surface area contributed by atoms with E-state index in [1.807, 2.05) is 18.3 Å². The largest absolute Gasteiger partial charge is 0.383 e. The molecule has 2 aromatic rings. The summed E-state index contributed by atoms with van der Waals surface area (Å²) < 4.78 is 28.2. The van der Waals surface area contributed by atoms with Gasteiger partial charge in [-0.25, -0.2) is 9.37 Å². The molecule has 0 aliphatic carbocycles. The van der Waals surface area contributed by atoms with Gasteiger partial charge in [0, 0.05) is 52.0 Å². The van der Waals surface area contributed by atoms with E-state index in [-0.39, 0.29) is 12.8 Å². The van der Waals surface area contributed by atoms with Crippen LogP contribution in [0.25, 0.3) is 5.82 Å². The molecule has 2 fully saturated rings. The normalized spacial score (nSPS) is 24.7. The predicted octanol–water partition coefficient (Wildman–Crippen LogP) is 2.29. The summed E-state index contributed by atoms with van der Waals surface area (Å²) in [7, 11) is 1.69. The molecular weight excluding hydrogens is 387 g/mol. The van der Waals surface area contributed by atoms with Crippen molar-refractivity contribution in [2.45, 2.75) is 30.5 Å². The fraction of sp³-hybridized carbons (Fsp3) is 0.545. The number of methoxy groups -OCH3 is 1. The molecule has 0 radical (unpaired) electrons. The molecular formula is C22H27FN4O3. The highest BCUT2D eigenvalue weighted by molar-refractivity contribution is 5.86.